The first-order valence-electron chi connectivity index (χ1n) is 11.4. The summed E-state index contributed by atoms with van der Waals surface area (Å²) < 4.78 is 26.1. The standard InChI is InChI=1S/C24H27ClN4O6/c1-12(2)10-18(30)32-11-17-20-24(3,35-22(34-20)13-4-6-14(25)7-5-13)19(33-17)15-8-9-16-21(31)27-23(26)28-29(15)16/h4-9,12,17,19-20,22H,10-11H2,1-3H3,(H3,26,27,28,31)/t17-,19+,20-,22?,24+/m1/s1. The van der Waals surface area contributed by atoms with E-state index in [-0.39, 0.29) is 30.0 Å². The zero-order chi connectivity index (χ0) is 24.9. The number of aromatic amines is 1. The van der Waals surface area contributed by atoms with Crippen LogP contribution in [0.2, 0.25) is 5.02 Å². The number of hydrogen-bond acceptors (Lipinski definition) is 8. The Balaban J connectivity index is 1.49. The molecule has 2 aliphatic heterocycles. The Kier molecular flexibility index (Phi) is 6.08. The Bertz CT molecular complexity index is 1310. The van der Waals surface area contributed by atoms with E-state index >= 15 is 0 Å². The first-order valence-corrected chi connectivity index (χ1v) is 11.8. The summed E-state index contributed by atoms with van der Waals surface area (Å²) in [7, 11) is 0. The topological polar surface area (TPSA) is 130 Å². The van der Waals surface area contributed by atoms with Gasteiger partial charge in [-0.05, 0) is 37.1 Å². The molecular formula is C24H27ClN4O6. The van der Waals surface area contributed by atoms with E-state index in [1.54, 1.807) is 24.3 Å². The predicted octanol–water partition coefficient (Wildman–Crippen LogP) is 3.16. The van der Waals surface area contributed by atoms with Crippen molar-refractivity contribution in [1.82, 2.24) is 14.6 Å². The number of H-pyrrole nitrogens is 1. The second kappa shape index (κ2) is 8.94. The maximum absolute atomic E-state index is 12.4. The largest absolute Gasteiger partial charge is 0.463 e. The summed E-state index contributed by atoms with van der Waals surface area (Å²) in [4.78, 5) is 27.1. The first kappa shape index (κ1) is 23.8. The summed E-state index contributed by atoms with van der Waals surface area (Å²) in [5.74, 6) is -0.162. The van der Waals surface area contributed by atoms with Crippen molar-refractivity contribution in [3.63, 3.8) is 0 Å². The third-order valence-corrected chi connectivity index (χ3v) is 6.58. The van der Waals surface area contributed by atoms with Gasteiger partial charge in [-0.3, -0.25) is 14.6 Å². The highest BCUT2D eigenvalue weighted by molar-refractivity contribution is 6.30. The van der Waals surface area contributed by atoms with Gasteiger partial charge in [0.15, 0.2) is 6.29 Å². The summed E-state index contributed by atoms with van der Waals surface area (Å²) in [6, 6.07) is 10.6. The number of halogens is 1. The van der Waals surface area contributed by atoms with Gasteiger partial charge in [0.25, 0.3) is 5.56 Å². The summed E-state index contributed by atoms with van der Waals surface area (Å²) in [5, 5.41) is 4.87. The molecule has 0 bridgehead atoms. The number of carbonyl (C=O) groups is 1. The minimum absolute atomic E-state index is 0.00152. The van der Waals surface area contributed by atoms with Crippen LogP contribution in [-0.2, 0) is 23.7 Å². The number of carbonyl (C=O) groups excluding carboxylic acids is 1. The van der Waals surface area contributed by atoms with Crippen LogP contribution in [0.1, 0.15) is 50.8 Å². The van der Waals surface area contributed by atoms with Gasteiger partial charge in [0, 0.05) is 17.0 Å². The molecule has 5 atom stereocenters. The van der Waals surface area contributed by atoms with Gasteiger partial charge in [0.05, 0.1) is 5.69 Å². The first-order chi connectivity index (χ1) is 16.7. The smallest absolute Gasteiger partial charge is 0.306 e. The zero-order valence-corrected chi connectivity index (χ0v) is 20.3. The number of benzene rings is 1. The molecule has 2 aliphatic rings. The Morgan fingerprint density at radius 2 is 2.00 bits per heavy atom. The van der Waals surface area contributed by atoms with Gasteiger partial charge >= 0.3 is 5.97 Å². The lowest BCUT2D eigenvalue weighted by Crippen LogP contribution is -2.41. The molecule has 0 spiro atoms. The number of anilines is 1. The molecule has 5 rings (SSSR count). The fourth-order valence-electron chi connectivity index (χ4n) is 4.71. The van der Waals surface area contributed by atoms with E-state index in [9.17, 15) is 9.59 Å². The van der Waals surface area contributed by atoms with E-state index in [0.717, 1.165) is 5.56 Å². The van der Waals surface area contributed by atoms with Crippen LogP contribution in [0.25, 0.3) is 5.52 Å². The van der Waals surface area contributed by atoms with Crippen molar-refractivity contribution in [3.8, 4) is 0 Å². The van der Waals surface area contributed by atoms with Crippen LogP contribution in [0.15, 0.2) is 41.2 Å². The molecule has 2 fully saturated rings. The molecule has 0 saturated carbocycles. The Morgan fingerprint density at radius 3 is 2.71 bits per heavy atom. The number of nitrogen functional groups attached to an aromatic ring is 1. The van der Waals surface area contributed by atoms with E-state index in [2.05, 4.69) is 10.1 Å². The normalized spacial score (nSPS) is 28.0. The summed E-state index contributed by atoms with van der Waals surface area (Å²) in [6.07, 6.45) is -2.24. The fourth-order valence-corrected chi connectivity index (χ4v) is 4.83. The molecule has 4 heterocycles. The van der Waals surface area contributed by atoms with Crippen LogP contribution in [-0.4, -0.2) is 45.0 Å². The van der Waals surface area contributed by atoms with Gasteiger partial charge < -0.3 is 24.7 Å². The lowest BCUT2D eigenvalue weighted by Gasteiger charge is -2.27. The number of esters is 1. The molecule has 10 nitrogen and oxygen atoms in total. The maximum Gasteiger partial charge on any atom is 0.306 e. The molecule has 0 radical (unpaired) electrons. The fraction of sp³-hybridized carbons (Fsp3) is 0.458. The van der Waals surface area contributed by atoms with Gasteiger partial charge in [-0.2, -0.15) is 0 Å². The Labute approximate surface area is 206 Å². The third kappa shape index (κ3) is 4.31. The van der Waals surface area contributed by atoms with Crippen LogP contribution in [0.3, 0.4) is 0 Å². The summed E-state index contributed by atoms with van der Waals surface area (Å²) in [6.45, 7) is 5.77. The molecule has 0 amide bonds. The molecule has 1 unspecified atom stereocenters. The Hall–Kier alpha value is -2.92. The minimum atomic E-state index is -0.979. The van der Waals surface area contributed by atoms with Crippen LogP contribution in [0.4, 0.5) is 5.95 Å². The van der Waals surface area contributed by atoms with E-state index in [1.165, 1.54) is 4.52 Å². The highest BCUT2D eigenvalue weighted by Gasteiger charge is 2.62. The van der Waals surface area contributed by atoms with Gasteiger partial charge in [-0.15, -0.1) is 5.10 Å². The number of ether oxygens (including phenoxy) is 4. The number of nitrogens with zero attached hydrogens (tertiary/aromatic N) is 2. The molecule has 3 aromatic rings. The molecule has 1 aromatic carbocycles. The van der Waals surface area contributed by atoms with Crippen LogP contribution < -0.4 is 11.3 Å². The van der Waals surface area contributed by atoms with Gasteiger partial charge in [-0.1, -0.05) is 37.6 Å². The number of nitrogens with one attached hydrogen (secondary N) is 1. The quantitative estimate of drug-likeness (QED) is 0.491. The van der Waals surface area contributed by atoms with Crippen molar-refractivity contribution < 1.29 is 23.7 Å². The number of aromatic nitrogens is 3. The molecule has 186 valence electrons. The van der Waals surface area contributed by atoms with Gasteiger partial charge in [-0.25, -0.2) is 4.52 Å². The van der Waals surface area contributed by atoms with Crippen molar-refractivity contribution in [1.29, 1.82) is 0 Å². The maximum atomic E-state index is 12.4. The SMILES string of the molecule is CC(C)CC(=O)OC[C@H]1O[C@@H](c2ccc3c(=O)[nH]c(N)nn23)[C@]2(C)OC(c3ccc(Cl)cc3)O[C@H]12. The molecule has 3 N–H and O–H groups in total. The molecule has 2 aromatic heterocycles. The Morgan fingerprint density at radius 1 is 1.26 bits per heavy atom. The van der Waals surface area contributed by atoms with E-state index in [4.69, 9.17) is 36.3 Å². The van der Waals surface area contributed by atoms with Crippen LogP contribution in [0.5, 0.6) is 0 Å². The average molecular weight is 503 g/mol. The van der Waals surface area contributed by atoms with Crippen molar-refractivity contribution >= 4 is 29.0 Å². The number of nitrogens with two attached hydrogens (primary N) is 1. The minimum Gasteiger partial charge on any atom is -0.463 e. The van der Waals surface area contributed by atoms with Crippen LogP contribution in [0, 0.1) is 5.92 Å². The second-order valence-corrected chi connectivity index (χ2v) is 9.91. The van der Waals surface area contributed by atoms with Crippen molar-refractivity contribution in [2.45, 2.75) is 57.4 Å². The molecule has 2 saturated heterocycles. The summed E-state index contributed by atoms with van der Waals surface area (Å²) in [5.41, 5.74) is 6.13. The number of rotatable bonds is 6. The summed E-state index contributed by atoms with van der Waals surface area (Å²) >= 11 is 6.05. The molecule has 35 heavy (non-hydrogen) atoms. The van der Waals surface area contributed by atoms with E-state index in [0.29, 0.717) is 22.7 Å². The van der Waals surface area contributed by atoms with E-state index < -0.39 is 30.2 Å². The monoisotopic (exact) mass is 502 g/mol. The number of hydrogen-bond donors (Lipinski definition) is 2. The number of fused-ring (bicyclic) bond motifs is 2. The zero-order valence-electron chi connectivity index (χ0n) is 19.6. The highest BCUT2D eigenvalue weighted by Crippen LogP contribution is 2.53. The van der Waals surface area contributed by atoms with Crippen molar-refractivity contribution in [2.75, 3.05) is 12.3 Å². The van der Waals surface area contributed by atoms with Crippen LogP contribution >= 0.6 is 11.6 Å². The lowest BCUT2D eigenvalue weighted by molar-refractivity contribution is -0.168. The van der Waals surface area contributed by atoms with Crippen molar-refractivity contribution in [2.24, 2.45) is 5.92 Å². The van der Waals surface area contributed by atoms with Crippen molar-refractivity contribution in [3.05, 3.63) is 63.0 Å². The average Bonchev–Trinajstić information content (AvgIpc) is 3.42. The highest BCUT2D eigenvalue weighted by atomic mass is 35.5. The molecule has 11 heteroatoms. The third-order valence-electron chi connectivity index (χ3n) is 6.33. The second-order valence-electron chi connectivity index (χ2n) is 9.47. The molecule has 0 aliphatic carbocycles. The molecular weight excluding hydrogens is 476 g/mol. The van der Waals surface area contributed by atoms with Gasteiger partial charge in [0.2, 0.25) is 5.95 Å². The lowest BCUT2D eigenvalue weighted by atomic mass is 9.91. The van der Waals surface area contributed by atoms with E-state index in [1.807, 2.05) is 32.9 Å². The predicted molar refractivity (Wildman–Crippen MR) is 127 cm³/mol. The van der Waals surface area contributed by atoms with Gasteiger partial charge in [0.1, 0.15) is 36.0 Å².